The average molecular weight is 491 g/mol. The molecule has 4 N–H and O–H groups in total. The monoisotopic (exact) mass is 490 g/mol. The third-order valence-electron chi connectivity index (χ3n) is 5.43. The predicted molar refractivity (Wildman–Crippen MR) is 136 cm³/mol. The number of nitrogens with zero attached hydrogens (tertiary/aromatic N) is 4. The van der Waals surface area contributed by atoms with Gasteiger partial charge in [0, 0.05) is 18.1 Å². The second-order valence-corrected chi connectivity index (χ2v) is 7.93. The Morgan fingerprint density at radius 3 is 2.63 bits per heavy atom. The molecule has 1 amide bonds. The summed E-state index contributed by atoms with van der Waals surface area (Å²) < 4.78 is 8.50. The molecule has 0 spiro atoms. The van der Waals surface area contributed by atoms with Crippen LogP contribution in [0.5, 0.6) is 5.75 Å². The van der Waals surface area contributed by atoms with E-state index in [2.05, 4.69) is 10.1 Å². The van der Waals surface area contributed by atoms with Crippen LogP contribution in [0, 0.1) is 0 Å². The van der Waals surface area contributed by atoms with Gasteiger partial charge in [0.05, 0.1) is 23.2 Å². The first-order valence-corrected chi connectivity index (χ1v) is 11.1. The fourth-order valence-electron chi connectivity index (χ4n) is 3.85. The Hall–Kier alpha value is -4.37. The minimum absolute atomic E-state index is 0.103. The molecule has 178 valence electrons. The largest absolute Gasteiger partial charge is 0.495 e. The standard InChI is InChI=1S/C18H16ClNO2.C7H7N5O/c1-3-13-11-12-7-6-8-14(19)17(12)18(21)20(13)15-9-4-5-10-16(15)22-2;8-5-4(6(9)13)7-10-2-1-3-12(7)11-5/h4-11H,3H2,1-2H3;1-3H,(H2,8,11)(H2,9,13). The Morgan fingerprint density at radius 1 is 1.14 bits per heavy atom. The molecule has 3 aromatic heterocycles. The minimum atomic E-state index is -0.619. The van der Waals surface area contributed by atoms with Crippen molar-refractivity contribution < 1.29 is 9.53 Å². The van der Waals surface area contributed by atoms with Crippen molar-refractivity contribution in [1.82, 2.24) is 19.2 Å². The van der Waals surface area contributed by atoms with Gasteiger partial charge in [0.15, 0.2) is 11.5 Å². The number of nitrogens with two attached hydrogens (primary N) is 2. The number of carbonyl (C=O) groups is 1. The highest BCUT2D eigenvalue weighted by molar-refractivity contribution is 6.35. The number of amides is 1. The Morgan fingerprint density at radius 2 is 1.91 bits per heavy atom. The summed E-state index contributed by atoms with van der Waals surface area (Å²) in [4.78, 5) is 27.9. The molecule has 35 heavy (non-hydrogen) atoms. The number of fused-ring (bicyclic) bond motifs is 2. The highest BCUT2D eigenvalue weighted by Crippen LogP contribution is 2.26. The number of primary amides is 1. The molecule has 0 fully saturated rings. The summed E-state index contributed by atoms with van der Waals surface area (Å²) in [6.07, 6.45) is 3.92. The number of aromatic nitrogens is 4. The van der Waals surface area contributed by atoms with Gasteiger partial charge in [-0.2, -0.15) is 0 Å². The van der Waals surface area contributed by atoms with E-state index in [0.717, 1.165) is 23.2 Å². The van der Waals surface area contributed by atoms with Crippen LogP contribution in [0.2, 0.25) is 5.02 Å². The summed E-state index contributed by atoms with van der Waals surface area (Å²) >= 11 is 6.25. The van der Waals surface area contributed by atoms with E-state index in [-0.39, 0.29) is 16.9 Å². The molecule has 2 aromatic carbocycles. The second-order valence-electron chi connectivity index (χ2n) is 7.52. The smallest absolute Gasteiger partial charge is 0.264 e. The number of benzene rings is 2. The van der Waals surface area contributed by atoms with Gasteiger partial charge in [-0.05, 0) is 42.1 Å². The summed E-state index contributed by atoms with van der Waals surface area (Å²) in [6.45, 7) is 2.02. The van der Waals surface area contributed by atoms with E-state index in [9.17, 15) is 9.59 Å². The van der Waals surface area contributed by atoms with Crippen molar-refractivity contribution in [1.29, 1.82) is 0 Å². The zero-order valence-corrected chi connectivity index (χ0v) is 19.9. The number of anilines is 1. The number of pyridine rings is 1. The van der Waals surface area contributed by atoms with Crippen LogP contribution in [0.3, 0.4) is 0 Å². The average Bonchev–Trinajstić information content (AvgIpc) is 3.20. The van der Waals surface area contributed by atoms with Gasteiger partial charge in [-0.15, -0.1) is 5.10 Å². The number of hydrogen-bond acceptors (Lipinski definition) is 6. The summed E-state index contributed by atoms with van der Waals surface area (Å²) in [5.41, 5.74) is 12.7. The van der Waals surface area contributed by atoms with Crippen molar-refractivity contribution in [2.45, 2.75) is 13.3 Å². The van der Waals surface area contributed by atoms with E-state index in [0.29, 0.717) is 21.8 Å². The van der Waals surface area contributed by atoms with Crippen LogP contribution in [0.25, 0.3) is 22.1 Å². The molecular formula is C25H23ClN6O3. The molecule has 5 rings (SSSR count). The molecule has 0 saturated carbocycles. The number of methoxy groups -OCH3 is 1. The van der Waals surface area contributed by atoms with E-state index in [4.69, 9.17) is 27.8 Å². The van der Waals surface area contributed by atoms with Gasteiger partial charge in [-0.25, -0.2) is 9.50 Å². The van der Waals surface area contributed by atoms with Crippen LogP contribution < -0.4 is 21.8 Å². The van der Waals surface area contributed by atoms with Crippen LogP contribution >= 0.6 is 11.6 Å². The lowest BCUT2D eigenvalue weighted by Gasteiger charge is -2.16. The van der Waals surface area contributed by atoms with Crippen molar-refractivity contribution in [3.05, 3.63) is 93.6 Å². The first-order valence-electron chi connectivity index (χ1n) is 10.7. The molecule has 3 heterocycles. The van der Waals surface area contributed by atoms with Gasteiger partial charge < -0.3 is 16.2 Å². The maximum atomic E-state index is 13.0. The van der Waals surface area contributed by atoms with Crippen molar-refractivity contribution in [3.8, 4) is 11.4 Å². The van der Waals surface area contributed by atoms with E-state index in [1.165, 1.54) is 4.52 Å². The molecule has 10 heteroatoms. The van der Waals surface area contributed by atoms with E-state index in [1.54, 1.807) is 36.2 Å². The molecule has 0 radical (unpaired) electrons. The third-order valence-corrected chi connectivity index (χ3v) is 5.74. The topological polar surface area (TPSA) is 131 Å². The lowest BCUT2D eigenvalue weighted by Crippen LogP contribution is -2.22. The van der Waals surface area contributed by atoms with Gasteiger partial charge in [0.2, 0.25) is 0 Å². The molecule has 0 unspecified atom stereocenters. The van der Waals surface area contributed by atoms with Crippen molar-refractivity contribution in [2.75, 3.05) is 12.8 Å². The molecule has 0 atom stereocenters. The second kappa shape index (κ2) is 9.86. The van der Waals surface area contributed by atoms with Crippen molar-refractivity contribution in [2.24, 2.45) is 5.73 Å². The minimum Gasteiger partial charge on any atom is -0.495 e. The molecule has 0 aliphatic heterocycles. The Kier molecular flexibility index (Phi) is 6.70. The van der Waals surface area contributed by atoms with Gasteiger partial charge in [-0.3, -0.25) is 14.2 Å². The molecule has 9 nitrogen and oxygen atoms in total. The molecule has 0 bridgehead atoms. The molecule has 0 aliphatic carbocycles. The summed E-state index contributed by atoms with van der Waals surface area (Å²) in [7, 11) is 1.60. The van der Waals surface area contributed by atoms with Crippen LogP contribution in [-0.4, -0.2) is 32.2 Å². The maximum absolute atomic E-state index is 13.0. The van der Waals surface area contributed by atoms with Crippen molar-refractivity contribution in [3.63, 3.8) is 0 Å². The van der Waals surface area contributed by atoms with Gasteiger partial charge in [0.25, 0.3) is 11.5 Å². The zero-order chi connectivity index (χ0) is 25.1. The van der Waals surface area contributed by atoms with Crippen LogP contribution in [0.4, 0.5) is 5.82 Å². The maximum Gasteiger partial charge on any atom is 0.264 e. The number of rotatable bonds is 4. The predicted octanol–water partition coefficient (Wildman–Crippen LogP) is 3.63. The van der Waals surface area contributed by atoms with Crippen LogP contribution in [0.15, 0.2) is 71.8 Å². The highest BCUT2D eigenvalue weighted by atomic mass is 35.5. The number of para-hydroxylation sites is 2. The quantitative estimate of drug-likeness (QED) is 0.395. The molecule has 0 saturated heterocycles. The highest BCUT2D eigenvalue weighted by Gasteiger charge is 2.16. The van der Waals surface area contributed by atoms with E-state index < -0.39 is 5.91 Å². The fourth-order valence-corrected chi connectivity index (χ4v) is 4.11. The normalized spacial score (nSPS) is 10.7. The molecule has 5 aromatic rings. The van der Waals surface area contributed by atoms with Gasteiger partial charge >= 0.3 is 0 Å². The Bertz CT molecular complexity index is 1610. The lowest BCUT2D eigenvalue weighted by molar-refractivity contribution is 0.100. The number of nitrogen functional groups attached to an aromatic ring is 1. The van der Waals surface area contributed by atoms with Crippen LogP contribution in [-0.2, 0) is 6.42 Å². The van der Waals surface area contributed by atoms with E-state index >= 15 is 0 Å². The SMILES string of the molecule is CCc1cc2cccc(Cl)c2c(=O)n1-c1ccccc1OC.NC(=O)c1c(N)nn2cccnc12. The van der Waals surface area contributed by atoms with Crippen molar-refractivity contribution >= 4 is 39.7 Å². The first kappa shape index (κ1) is 23.8. The summed E-state index contributed by atoms with van der Waals surface area (Å²) in [5, 5.41) is 5.73. The summed E-state index contributed by atoms with van der Waals surface area (Å²) in [5.74, 6) is 0.142. The lowest BCUT2D eigenvalue weighted by atomic mass is 10.1. The van der Waals surface area contributed by atoms with Gasteiger partial charge in [-0.1, -0.05) is 42.8 Å². The zero-order valence-electron chi connectivity index (χ0n) is 19.1. The number of hydrogen-bond donors (Lipinski definition) is 2. The fraction of sp³-hybridized carbons (Fsp3) is 0.120. The number of ether oxygens (including phenoxy) is 1. The molecular weight excluding hydrogens is 468 g/mol. The Balaban J connectivity index is 0.000000189. The number of aryl methyl sites for hydroxylation is 1. The third kappa shape index (κ3) is 4.41. The number of carbonyl (C=O) groups excluding carboxylic acids is 1. The molecule has 0 aliphatic rings. The number of halogens is 1. The van der Waals surface area contributed by atoms with E-state index in [1.807, 2.05) is 49.4 Å². The van der Waals surface area contributed by atoms with Gasteiger partial charge in [0.1, 0.15) is 11.3 Å². The van der Waals surface area contributed by atoms with Crippen LogP contribution in [0.1, 0.15) is 23.0 Å². The first-order chi connectivity index (χ1) is 16.9. The Labute approximate surface area is 205 Å². The summed E-state index contributed by atoms with van der Waals surface area (Å²) in [6, 6.07) is 16.7.